The summed E-state index contributed by atoms with van der Waals surface area (Å²) in [6.07, 6.45) is 2.07. The zero-order valence-electron chi connectivity index (χ0n) is 10.6. The van der Waals surface area contributed by atoms with Crippen LogP contribution >= 0.6 is 0 Å². The van der Waals surface area contributed by atoms with E-state index in [9.17, 15) is 4.79 Å². The third kappa shape index (κ3) is 2.67. The van der Waals surface area contributed by atoms with Crippen molar-refractivity contribution in [3.63, 3.8) is 0 Å². The van der Waals surface area contributed by atoms with Gasteiger partial charge in [-0.3, -0.25) is 4.79 Å². The molecule has 3 heteroatoms. The minimum atomic E-state index is 0.145. The number of carbonyl (C=O) groups is 1. The highest BCUT2D eigenvalue weighted by Gasteiger charge is 2.25. The number of piperidine rings is 1. The van der Waals surface area contributed by atoms with E-state index in [0.29, 0.717) is 6.04 Å². The summed E-state index contributed by atoms with van der Waals surface area (Å²) in [4.78, 5) is 13.9. The Balaban J connectivity index is 2.28. The third-order valence-corrected chi connectivity index (χ3v) is 3.39. The van der Waals surface area contributed by atoms with Crippen LogP contribution in [0.4, 0.5) is 5.69 Å². The molecule has 1 N–H and O–H groups in total. The monoisotopic (exact) mass is 232 g/mol. The van der Waals surface area contributed by atoms with Crippen molar-refractivity contribution >= 4 is 11.6 Å². The molecule has 0 bridgehead atoms. The summed E-state index contributed by atoms with van der Waals surface area (Å²) in [5.74, 6) is 0.145. The molecular weight excluding hydrogens is 212 g/mol. The highest BCUT2D eigenvalue weighted by atomic mass is 16.2. The maximum Gasteiger partial charge on any atom is 0.224 e. The van der Waals surface area contributed by atoms with Gasteiger partial charge in [-0.25, -0.2) is 0 Å². The molecule has 1 aromatic carbocycles. The zero-order chi connectivity index (χ0) is 12.3. The Hall–Kier alpha value is -1.35. The number of anilines is 1. The van der Waals surface area contributed by atoms with Gasteiger partial charge in [0.15, 0.2) is 0 Å². The van der Waals surface area contributed by atoms with Gasteiger partial charge in [0.2, 0.25) is 5.91 Å². The Morgan fingerprint density at radius 2 is 1.94 bits per heavy atom. The normalized spacial score (nSPS) is 16.8. The van der Waals surface area contributed by atoms with Crippen LogP contribution in [0.1, 0.15) is 25.3 Å². The molecule has 0 spiro atoms. The standard InChI is InChI=1S/C14H20N2O/c1-11-5-3-4-6-14(11)16(12(2)17)13-7-9-15-10-8-13/h3-6,13,15H,7-10H2,1-2H3. The predicted molar refractivity (Wildman–Crippen MR) is 70.2 cm³/mol. The van der Waals surface area contributed by atoms with Crippen LogP contribution in [-0.4, -0.2) is 25.0 Å². The number of amides is 1. The van der Waals surface area contributed by atoms with Gasteiger partial charge in [-0.1, -0.05) is 18.2 Å². The van der Waals surface area contributed by atoms with Crippen LogP contribution in [0, 0.1) is 6.92 Å². The van der Waals surface area contributed by atoms with E-state index in [4.69, 9.17) is 0 Å². The molecule has 0 aromatic heterocycles. The van der Waals surface area contributed by atoms with Crippen molar-refractivity contribution in [1.29, 1.82) is 0 Å². The van der Waals surface area contributed by atoms with Gasteiger partial charge in [0, 0.05) is 18.7 Å². The fraction of sp³-hybridized carbons (Fsp3) is 0.500. The molecule has 17 heavy (non-hydrogen) atoms. The number of carbonyl (C=O) groups excluding carboxylic acids is 1. The van der Waals surface area contributed by atoms with Gasteiger partial charge in [0.25, 0.3) is 0 Å². The Bertz CT molecular complexity index is 397. The molecule has 1 aliphatic rings. The number of nitrogens with zero attached hydrogens (tertiary/aromatic N) is 1. The summed E-state index contributed by atoms with van der Waals surface area (Å²) in [6.45, 7) is 5.72. The highest BCUT2D eigenvalue weighted by molar-refractivity contribution is 5.92. The summed E-state index contributed by atoms with van der Waals surface area (Å²) in [5, 5.41) is 3.34. The van der Waals surface area contributed by atoms with Gasteiger partial charge in [0.05, 0.1) is 0 Å². The lowest BCUT2D eigenvalue weighted by Gasteiger charge is -2.34. The van der Waals surface area contributed by atoms with Gasteiger partial charge in [-0.2, -0.15) is 0 Å². The minimum absolute atomic E-state index is 0.145. The number of hydrogen-bond donors (Lipinski definition) is 1. The largest absolute Gasteiger partial charge is 0.317 e. The van der Waals surface area contributed by atoms with Gasteiger partial charge < -0.3 is 10.2 Å². The number of hydrogen-bond acceptors (Lipinski definition) is 2. The second kappa shape index (κ2) is 5.32. The molecule has 2 rings (SSSR count). The molecule has 0 atom stereocenters. The van der Waals surface area contributed by atoms with Crippen molar-refractivity contribution in [3.05, 3.63) is 29.8 Å². The summed E-state index contributed by atoms with van der Waals surface area (Å²) in [7, 11) is 0. The SMILES string of the molecule is CC(=O)N(c1ccccc1C)C1CCNCC1. The lowest BCUT2D eigenvalue weighted by molar-refractivity contribution is -0.117. The smallest absolute Gasteiger partial charge is 0.224 e. The van der Waals surface area contributed by atoms with Crippen LogP contribution in [0.2, 0.25) is 0 Å². The number of nitrogens with one attached hydrogen (secondary N) is 1. The van der Waals surface area contributed by atoms with Crippen LogP contribution in [0.3, 0.4) is 0 Å². The van der Waals surface area contributed by atoms with Crippen molar-refractivity contribution in [3.8, 4) is 0 Å². The Morgan fingerprint density at radius 3 is 2.53 bits per heavy atom. The van der Waals surface area contributed by atoms with E-state index < -0.39 is 0 Å². The van der Waals surface area contributed by atoms with Crippen molar-refractivity contribution in [2.45, 2.75) is 32.7 Å². The number of rotatable bonds is 2. The lowest BCUT2D eigenvalue weighted by Crippen LogP contribution is -2.45. The summed E-state index contributed by atoms with van der Waals surface area (Å²) >= 11 is 0. The van der Waals surface area contributed by atoms with E-state index >= 15 is 0 Å². The van der Waals surface area contributed by atoms with E-state index in [1.54, 1.807) is 6.92 Å². The molecule has 3 nitrogen and oxygen atoms in total. The number of benzene rings is 1. The average Bonchev–Trinajstić information content (AvgIpc) is 2.33. The highest BCUT2D eigenvalue weighted by Crippen LogP contribution is 2.25. The summed E-state index contributed by atoms with van der Waals surface area (Å²) < 4.78 is 0. The molecule has 1 heterocycles. The van der Waals surface area contributed by atoms with Crippen LogP contribution in [0.15, 0.2) is 24.3 Å². The number of aryl methyl sites for hydroxylation is 1. The maximum atomic E-state index is 11.9. The quantitative estimate of drug-likeness (QED) is 0.847. The molecule has 0 saturated carbocycles. The van der Waals surface area contributed by atoms with Crippen LogP contribution in [-0.2, 0) is 4.79 Å². The average molecular weight is 232 g/mol. The number of para-hydroxylation sites is 1. The van der Waals surface area contributed by atoms with Crippen molar-refractivity contribution in [1.82, 2.24) is 5.32 Å². The van der Waals surface area contributed by atoms with Crippen LogP contribution in [0.25, 0.3) is 0 Å². The third-order valence-electron chi connectivity index (χ3n) is 3.39. The fourth-order valence-corrected chi connectivity index (χ4v) is 2.52. The first-order valence-electron chi connectivity index (χ1n) is 6.26. The second-order valence-corrected chi connectivity index (χ2v) is 4.66. The van der Waals surface area contributed by atoms with Crippen molar-refractivity contribution < 1.29 is 4.79 Å². The summed E-state index contributed by atoms with van der Waals surface area (Å²) in [6, 6.07) is 8.46. The maximum absolute atomic E-state index is 11.9. The Labute approximate surface area is 103 Å². The van der Waals surface area contributed by atoms with Gasteiger partial charge in [-0.15, -0.1) is 0 Å². The molecule has 1 aromatic rings. The molecule has 0 radical (unpaired) electrons. The van der Waals surface area contributed by atoms with E-state index in [1.165, 1.54) is 5.56 Å². The van der Waals surface area contributed by atoms with Crippen LogP contribution in [0.5, 0.6) is 0 Å². The van der Waals surface area contributed by atoms with Crippen molar-refractivity contribution in [2.75, 3.05) is 18.0 Å². The Kier molecular flexibility index (Phi) is 3.79. The topological polar surface area (TPSA) is 32.3 Å². The molecule has 0 unspecified atom stereocenters. The van der Waals surface area contributed by atoms with E-state index in [2.05, 4.69) is 18.3 Å². The first-order chi connectivity index (χ1) is 8.20. The zero-order valence-corrected chi connectivity index (χ0v) is 10.6. The molecule has 1 saturated heterocycles. The first kappa shape index (κ1) is 12.1. The van der Waals surface area contributed by atoms with E-state index in [0.717, 1.165) is 31.6 Å². The lowest BCUT2D eigenvalue weighted by atomic mass is 10.0. The Morgan fingerprint density at radius 1 is 1.29 bits per heavy atom. The van der Waals surface area contributed by atoms with Gasteiger partial charge in [0.1, 0.15) is 0 Å². The minimum Gasteiger partial charge on any atom is -0.317 e. The predicted octanol–water partition coefficient (Wildman–Crippen LogP) is 2.10. The molecule has 1 amide bonds. The fourth-order valence-electron chi connectivity index (χ4n) is 2.52. The molecular formula is C14H20N2O. The second-order valence-electron chi connectivity index (χ2n) is 4.66. The van der Waals surface area contributed by atoms with Gasteiger partial charge >= 0.3 is 0 Å². The van der Waals surface area contributed by atoms with Gasteiger partial charge in [-0.05, 0) is 44.5 Å². The van der Waals surface area contributed by atoms with E-state index in [-0.39, 0.29) is 5.91 Å². The molecule has 1 fully saturated rings. The molecule has 1 aliphatic heterocycles. The van der Waals surface area contributed by atoms with E-state index in [1.807, 2.05) is 23.1 Å². The van der Waals surface area contributed by atoms with Crippen molar-refractivity contribution in [2.24, 2.45) is 0 Å². The van der Waals surface area contributed by atoms with Crippen LogP contribution < -0.4 is 10.2 Å². The molecule has 92 valence electrons. The molecule has 0 aliphatic carbocycles. The first-order valence-corrected chi connectivity index (χ1v) is 6.26. The summed E-state index contributed by atoms with van der Waals surface area (Å²) in [5.41, 5.74) is 2.23.